The zero-order valence-electron chi connectivity index (χ0n) is 10.9. The van der Waals surface area contributed by atoms with Crippen LogP contribution in [0.2, 0.25) is 0 Å². The zero-order valence-corrected chi connectivity index (χ0v) is 10.9. The van der Waals surface area contributed by atoms with Gasteiger partial charge in [0.15, 0.2) is 0 Å². The molecule has 1 atom stereocenters. The third-order valence-electron chi connectivity index (χ3n) is 2.36. The van der Waals surface area contributed by atoms with Crippen molar-refractivity contribution < 1.29 is 4.79 Å². The minimum Gasteiger partial charge on any atom is -0.367 e. The molecule has 1 aromatic rings. The average molecular weight is 236 g/mol. The van der Waals surface area contributed by atoms with E-state index < -0.39 is 0 Å². The standard InChI is InChI=1S/C12H20N4O/c1-5-8(2)14-12-6-11(13-7-9(3)17)15-10(4)16-12/h6,8H,5,7H2,1-4H3,(H2,13,14,15,16). The van der Waals surface area contributed by atoms with E-state index in [-0.39, 0.29) is 5.78 Å². The summed E-state index contributed by atoms with van der Waals surface area (Å²) in [6.45, 7) is 7.88. The Labute approximate surface area is 102 Å². The van der Waals surface area contributed by atoms with Gasteiger partial charge in [-0.1, -0.05) is 6.92 Å². The van der Waals surface area contributed by atoms with Crippen LogP contribution in [0.3, 0.4) is 0 Å². The molecule has 0 saturated carbocycles. The number of nitrogens with one attached hydrogen (secondary N) is 2. The van der Waals surface area contributed by atoms with Crippen LogP contribution >= 0.6 is 0 Å². The minimum absolute atomic E-state index is 0.0812. The van der Waals surface area contributed by atoms with Gasteiger partial charge in [0.25, 0.3) is 0 Å². The van der Waals surface area contributed by atoms with Crippen molar-refractivity contribution in [1.82, 2.24) is 9.97 Å². The van der Waals surface area contributed by atoms with Gasteiger partial charge in [-0.25, -0.2) is 9.97 Å². The van der Waals surface area contributed by atoms with Crippen molar-refractivity contribution in [2.45, 2.75) is 40.2 Å². The van der Waals surface area contributed by atoms with Crippen LogP contribution in [-0.4, -0.2) is 28.3 Å². The van der Waals surface area contributed by atoms with E-state index in [0.29, 0.717) is 24.2 Å². The molecule has 0 amide bonds. The summed E-state index contributed by atoms with van der Waals surface area (Å²) >= 11 is 0. The van der Waals surface area contributed by atoms with Crippen molar-refractivity contribution in [1.29, 1.82) is 0 Å². The molecule has 0 aliphatic heterocycles. The second kappa shape index (κ2) is 6.18. The molecule has 0 saturated heterocycles. The lowest BCUT2D eigenvalue weighted by atomic mass is 10.2. The molecular weight excluding hydrogens is 216 g/mol. The molecule has 5 nitrogen and oxygen atoms in total. The van der Waals surface area contributed by atoms with Crippen LogP contribution in [0.4, 0.5) is 11.6 Å². The number of carbonyl (C=O) groups is 1. The van der Waals surface area contributed by atoms with Crippen LogP contribution in [0.15, 0.2) is 6.07 Å². The number of anilines is 2. The van der Waals surface area contributed by atoms with E-state index in [2.05, 4.69) is 34.4 Å². The number of rotatable bonds is 6. The summed E-state index contributed by atoms with van der Waals surface area (Å²) in [7, 11) is 0. The van der Waals surface area contributed by atoms with Crippen molar-refractivity contribution in [3.8, 4) is 0 Å². The molecule has 0 fully saturated rings. The predicted molar refractivity (Wildman–Crippen MR) is 69.3 cm³/mol. The second-order valence-corrected chi connectivity index (χ2v) is 4.19. The van der Waals surface area contributed by atoms with Crippen LogP contribution in [0.5, 0.6) is 0 Å². The fraction of sp³-hybridized carbons (Fsp3) is 0.583. The summed E-state index contributed by atoms with van der Waals surface area (Å²) in [6, 6.07) is 2.19. The van der Waals surface area contributed by atoms with Crippen LogP contribution in [-0.2, 0) is 4.79 Å². The van der Waals surface area contributed by atoms with Gasteiger partial charge >= 0.3 is 0 Å². The third kappa shape index (κ3) is 4.80. The van der Waals surface area contributed by atoms with E-state index >= 15 is 0 Å². The Morgan fingerprint density at radius 1 is 1.41 bits per heavy atom. The van der Waals surface area contributed by atoms with Crippen molar-refractivity contribution in [2.75, 3.05) is 17.2 Å². The molecule has 2 N–H and O–H groups in total. The second-order valence-electron chi connectivity index (χ2n) is 4.19. The molecule has 0 aliphatic carbocycles. The third-order valence-corrected chi connectivity index (χ3v) is 2.36. The molecule has 5 heteroatoms. The van der Waals surface area contributed by atoms with Crippen molar-refractivity contribution in [2.24, 2.45) is 0 Å². The first-order valence-electron chi connectivity index (χ1n) is 5.86. The lowest BCUT2D eigenvalue weighted by Gasteiger charge is -2.13. The average Bonchev–Trinajstić information content (AvgIpc) is 2.25. The normalized spacial score (nSPS) is 12.0. The van der Waals surface area contributed by atoms with Gasteiger partial charge in [0.2, 0.25) is 0 Å². The van der Waals surface area contributed by atoms with Gasteiger partial charge in [-0.3, -0.25) is 4.79 Å². The molecule has 17 heavy (non-hydrogen) atoms. The Morgan fingerprint density at radius 3 is 2.65 bits per heavy atom. The number of carbonyl (C=O) groups excluding carboxylic acids is 1. The van der Waals surface area contributed by atoms with E-state index in [9.17, 15) is 4.79 Å². The number of nitrogens with zero attached hydrogens (tertiary/aromatic N) is 2. The number of ketones is 1. The first-order chi connectivity index (χ1) is 8.01. The molecule has 0 radical (unpaired) electrons. The summed E-state index contributed by atoms with van der Waals surface area (Å²) in [6.07, 6.45) is 1.03. The van der Waals surface area contributed by atoms with Gasteiger partial charge in [-0.2, -0.15) is 0 Å². The van der Waals surface area contributed by atoms with Crippen molar-refractivity contribution in [3.63, 3.8) is 0 Å². The van der Waals surface area contributed by atoms with Crippen LogP contribution in [0.25, 0.3) is 0 Å². The Bertz CT molecular complexity index is 392. The maximum atomic E-state index is 10.9. The van der Waals surface area contributed by atoms with Crippen LogP contribution < -0.4 is 10.6 Å². The Morgan fingerprint density at radius 2 is 2.06 bits per heavy atom. The molecular formula is C12H20N4O. The Balaban J connectivity index is 2.75. The molecule has 0 bridgehead atoms. The topological polar surface area (TPSA) is 66.9 Å². The van der Waals surface area contributed by atoms with E-state index in [1.54, 1.807) is 6.92 Å². The highest BCUT2D eigenvalue weighted by molar-refractivity contribution is 5.80. The highest BCUT2D eigenvalue weighted by Crippen LogP contribution is 2.12. The number of hydrogen-bond acceptors (Lipinski definition) is 5. The Kier molecular flexibility index (Phi) is 4.87. The number of Topliss-reactive ketones (excluding diaryl/α,β-unsaturated/α-hetero) is 1. The molecule has 0 aromatic carbocycles. The largest absolute Gasteiger partial charge is 0.367 e. The van der Waals surface area contributed by atoms with Gasteiger partial charge in [0, 0.05) is 12.1 Å². The molecule has 1 rings (SSSR count). The lowest BCUT2D eigenvalue weighted by molar-refractivity contribution is -0.115. The van der Waals surface area contributed by atoms with Crippen LogP contribution in [0, 0.1) is 6.92 Å². The molecule has 1 heterocycles. The Hall–Kier alpha value is -1.65. The summed E-state index contributed by atoms with van der Waals surface area (Å²) in [5.74, 6) is 2.23. The zero-order chi connectivity index (χ0) is 12.8. The fourth-order valence-corrected chi connectivity index (χ4v) is 1.30. The van der Waals surface area contributed by atoms with Gasteiger partial charge in [-0.05, 0) is 27.2 Å². The smallest absolute Gasteiger partial charge is 0.148 e. The van der Waals surface area contributed by atoms with Crippen molar-refractivity contribution >= 4 is 17.4 Å². The van der Waals surface area contributed by atoms with Gasteiger partial charge in [0.1, 0.15) is 23.2 Å². The maximum Gasteiger partial charge on any atom is 0.148 e. The highest BCUT2D eigenvalue weighted by Gasteiger charge is 2.04. The lowest BCUT2D eigenvalue weighted by Crippen LogP contribution is -2.16. The molecule has 1 aromatic heterocycles. The van der Waals surface area contributed by atoms with Gasteiger partial charge in [0.05, 0.1) is 6.54 Å². The van der Waals surface area contributed by atoms with E-state index in [1.807, 2.05) is 13.0 Å². The predicted octanol–water partition coefficient (Wildman–Crippen LogP) is 2.00. The van der Waals surface area contributed by atoms with Crippen LogP contribution in [0.1, 0.15) is 33.0 Å². The SMILES string of the molecule is CCC(C)Nc1cc(NCC(C)=O)nc(C)n1. The minimum atomic E-state index is 0.0812. The summed E-state index contributed by atoms with van der Waals surface area (Å²) in [5, 5.41) is 6.26. The van der Waals surface area contributed by atoms with E-state index in [0.717, 1.165) is 12.2 Å². The monoisotopic (exact) mass is 236 g/mol. The van der Waals surface area contributed by atoms with E-state index in [1.165, 1.54) is 0 Å². The quantitative estimate of drug-likeness (QED) is 0.790. The first kappa shape index (κ1) is 13.4. The number of hydrogen-bond donors (Lipinski definition) is 2. The summed E-state index contributed by atoms with van der Waals surface area (Å²) in [4.78, 5) is 19.4. The molecule has 94 valence electrons. The maximum absolute atomic E-state index is 10.9. The molecule has 0 aliphatic rings. The van der Waals surface area contributed by atoms with Crippen molar-refractivity contribution in [3.05, 3.63) is 11.9 Å². The number of aryl methyl sites for hydroxylation is 1. The molecule has 1 unspecified atom stereocenters. The number of aromatic nitrogens is 2. The summed E-state index contributed by atoms with van der Waals surface area (Å²) in [5.41, 5.74) is 0. The summed E-state index contributed by atoms with van der Waals surface area (Å²) < 4.78 is 0. The fourth-order valence-electron chi connectivity index (χ4n) is 1.30. The highest BCUT2D eigenvalue weighted by atomic mass is 16.1. The van der Waals surface area contributed by atoms with E-state index in [4.69, 9.17) is 0 Å². The first-order valence-corrected chi connectivity index (χ1v) is 5.86. The molecule has 0 spiro atoms. The van der Waals surface area contributed by atoms with Gasteiger partial charge < -0.3 is 10.6 Å². The van der Waals surface area contributed by atoms with Gasteiger partial charge in [-0.15, -0.1) is 0 Å².